The van der Waals surface area contributed by atoms with Gasteiger partial charge in [0.15, 0.2) is 0 Å². The number of unbranched alkanes of at least 4 members (excludes halogenated alkanes) is 2. The van der Waals surface area contributed by atoms with Crippen molar-refractivity contribution in [3.05, 3.63) is 20.3 Å². The van der Waals surface area contributed by atoms with Gasteiger partial charge in [0.05, 0.1) is 10.2 Å². The summed E-state index contributed by atoms with van der Waals surface area (Å²) in [5.74, 6) is 0. The monoisotopic (exact) mass is 295 g/mol. The summed E-state index contributed by atoms with van der Waals surface area (Å²) in [6.45, 7) is 12.8. The Balaban J connectivity index is 2.51. The fraction of sp³-hybridized carbons (Fsp3) is 0.765. The molecule has 0 unspecified atom stereocenters. The fourth-order valence-corrected chi connectivity index (χ4v) is 2.96. The van der Waals surface area contributed by atoms with Crippen LogP contribution in [0.25, 0.3) is 0 Å². The van der Waals surface area contributed by atoms with Gasteiger partial charge >= 0.3 is 0 Å². The van der Waals surface area contributed by atoms with Crippen molar-refractivity contribution in [2.75, 3.05) is 18.0 Å². The van der Waals surface area contributed by atoms with Gasteiger partial charge in [-0.15, -0.1) is 0 Å². The minimum Gasteiger partial charge on any atom is -0.369 e. The number of hydrogen-bond donors (Lipinski definition) is 0. The summed E-state index contributed by atoms with van der Waals surface area (Å²) in [5.41, 5.74) is 2.56. The molecule has 0 aliphatic carbocycles. The first-order valence-corrected chi connectivity index (χ1v) is 8.29. The summed E-state index contributed by atoms with van der Waals surface area (Å²) in [5, 5.41) is 0. The minimum atomic E-state index is 0.0911. The molecule has 0 fully saturated rings. The van der Waals surface area contributed by atoms with E-state index in [2.05, 4.69) is 39.5 Å². The zero-order valence-electron chi connectivity index (χ0n) is 13.7. The van der Waals surface area contributed by atoms with Gasteiger partial charge in [0.1, 0.15) is 0 Å². The van der Waals surface area contributed by atoms with Gasteiger partial charge in [0.2, 0.25) is 5.43 Å². The average molecular weight is 295 g/mol. The number of rotatable bonds is 8. The maximum atomic E-state index is 11.9. The molecule has 0 aliphatic rings. The molecule has 0 spiro atoms. The van der Waals surface area contributed by atoms with Crippen molar-refractivity contribution in [3.8, 4) is 0 Å². The van der Waals surface area contributed by atoms with E-state index in [1.807, 2.05) is 0 Å². The second-order valence-electron chi connectivity index (χ2n) is 6.78. The summed E-state index contributed by atoms with van der Waals surface area (Å²) >= 11 is 5.22. The molecule has 0 saturated heterocycles. The Labute approximate surface area is 128 Å². The van der Waals surface area contributed by atoms with E-state index in [9.17, 15) is 4.79 Å². The maximum Gasteiger partial charge on any atom is 0.220 e. The Morgan fingerprint density at radius 1 is 1.05 bits per heavy atom. The highest BCUT2D eigenvalue weighted by Gasteiger charge is 2.21. The normalized spacial score (nSPS) is 12.1. The highest BCUT2D eigenvalue weighted by atomic mass is 32.1. The van der Waals surface area contributed by atoms with E-state index in [4.69, 9.17) is 12.2 Å². The SMILES string of the molecule is CCN(CC)c1c(CCCCCC(C)(C)C)c(=S)c1=O. The van der Waals surface area contributed by atoms with Crippen LogP contribution in [-0.2, 0) is 6.42 Å². The first kappa shape index (κ1) is 17.4. The number of anilines is 1. The van der Waals surface area contributed by atoms with Gasteiger partial charge in [-0.2, -0.15) is 0 Å². The van der Waals surface area contributed by atoms with Crippen LogP contribution in [0.15, 0.2) is 4.79 Å². The Hall–Kier alpha value is -0.700. The second-order valence-corrected chi connectivity index (χ2v) is 7.19. The summed E-state index contributed by atoms with van der Waals surface area (Å²) in [7, 11) is 0. The van der Waals surface area contributed by atoms with Crippen molar-refractivity contribution >= 4 is 17.9 Å². The average Bonchev–Trinajstić information content (AvgIpc) is 2.39. The van der Waals surface area contributed by atoms with Crippen LogP contribution in [0.1, 0.15) is 65.9 Å². The highest BCUT2D eigenvalue weighted by molar-refractivity contribution is 7.71. The minimum absolute atomic E-state index is 0.0911. The predicted molar refractivity (Wildman–Crippen MR) is 91.1 cm³/mol. The van der Waals surface area contributed by atoms with Crippen molar-refractivity contribution in [3.63, 3.8) is 0 Å². The van der Waals surface area contributed by atoms with E-state index < -0.39 is 0 Å². The molecular formula is C17H29NOS. The second kappa shape index (κ2) is 7.35. The van der Waals surface area contributed by atoms with E-state index in [1.165, 1.54) is 19.3 Å². The van der Waals surface area contributed by atoms with Gasteiger partial charge in [0.25, 0.3) is 0 Å². The Bertz CT molecular complexity index is 488. The fourth-order valence-electron chi connectivity index (χ4n) is 2.67. The molecule has 3 heteroatoms. The quantitative estimate of drug-likeness (QED) is 0.514. The van der Waals surface area contributed by atoms with E-state index in [0.29, 0.717) is 9.93 Å². The van der Waals surface area contributed by atoms with E-state index >= 15 is 0 Å². The molecule has 1 rings (SSSR count). The zero-order valence-corrected chi connectivity index (χ0v) is 14.5. The summed E-state index contributed by atoms with van der Waals surface area (Å²) < 4.78 is 0.586. The van der Waals surface area contributed by atoms with Crippen molar-refractivity contribution in [2.45, 2.75) is 66.7 Å². The van der Waals surface area contributed by atoms with Gasteiger partial charge in [-0.05, 0) is 38.5 Å². The molecule has 0 heterocycles. The standard InChI is InChI=1S/C17H29NOS/c1-6-18(7-2)14-13(16(20)15(14)19)11-9-8-10-12-17(3,4)5/h6-12H2,1-5H3. The number of hydrogen-bond acceptors (Lipinski definition) is 3. The third-order valence-electron chi connectivity index (χ3n) is 3.91. The first-order valence-electron chi connectivity index (χ1n) is 7.89. The van der Waals surface area contributed by atoms with Crippen LogP contribution >= 0.6 is 12.2 Å². The van der Waals surface area contributed by atoms with E-state index in [1.54, 1.807) is 0 Å². The molecule has 0 bridgehead atoms. The molecule has 2 nitrogen and oxygen atoms in total. The molecule has 1 aromatic rings. The molecular weight excluding hydrogens is 266 g/mol. The van der Waals surface area contributed by atoms with Crippen LogP contribution in [0.3, 0.4) is 0 Å². The Kier molecular flexibility index (Phi) is 6.38. The third kappa shape index (κ3) is 4.41. The smallest absolute Gasteiger partial charge is 0.220 e. The molecule has 114 valence electrons. The molecule has 0 amide bonds. The maximum absolute atomic E-state index is 11.9. The van der Waals surface area contributed by atoms with Gasteiger partial charge in [-0.25, -0.2) is 0 Å². The lowest BCUT2D eigenvalue weighted by Crippen LogP contribution is -2.33. The topological polar surface area (TPSA) is 20.3 Å². The molecule has 0 aliphatic heterocycles. The van der Waals surface area contributed by atoms with Crippen LogP contribution in [0.2, 0.25) is 0 Å². The Morgan fingerprint density at radius 3 is 2.15 bits per heavy atom. The summed E-state index contributed by atoms with van der Waals surface area (Å²) in [6, 6.07) is 0. The molecule has 1 aromatic carbocycles. The van der Waals surface area contributed by atoms with Crippen LogP contribution in [0, 0.1) is 9.93 Å². The molecule has 0 saturated carbocycles. The lowest BCUT2D eigenvalue weighted by Gasteiger charge is -2.25. The molecule has 20 heavy (non-hydrogen) atoms. The van der Waals surface area contributed by atoms with Gasteiger partial charge in [0, 0.05) is 18.7 Å². The highest BCUT2D eigenvalue weighted by Crippen LogP contribution is 2.25. The lowest BCUT2D eigenvalue weighted by atomic mass is 9.89. The van der Waals surface area contributed by atoms with Crippen LogP contribution < -0.4 is 10.3 Å². The largest absolute Gasteiger partial charge is 0.369 e. The van der Waals surface area contributed by atoms with Crippen LogP contribution in [0.5, 0.6) is 0 Å². The summed E-state index contributed by atoms with van der Waals surface area (Å²) in [4.78, 5) is 14.1. The van der Waals surface area contributed by atoms with Gasteiger partial charge in [-0.1, -0.05) is 45.8 Å². The van der Waals surface area contributed by atoms with E-state index in [-0.39, 0.29) is 5.43 Å². The van der Waals surface area contributed by atoms with Gasteiger partial charge < -0.3 is 4.90 Å². The van der Waals surface area contributed by atoms with Crippen molar-refractivity contribution in [2.24, 2.45) is 5.41 Å². The summed E-state index contributed by atoms with van der Waals surface area (Å²) in [6.07, 6.45) is 5.86. The van der Waals surface area contributed by atoms with Crippen molar-refractivity contribution in [1.82, 2.24) is 0 Å². The Morgan fingerprint density at radius 2 is 1.65 bits per heavy atom. The van der Waals surface area contributed by atoms with E-state index in [0.717, 1.165) is 37.2 Å². The lowest BCUT2D eigenvalue weighted by molar-refractivity contribution is 0.358. The van der Waals surface area contributed by atoms with Gasteiger partial charge in [-0.3, -0.25) is 4.79 Å². The molecule has 0 aromatic heterocycles. The zero-order chi connectivity index (χ0) is 15.3. The molecule has 0 radical (unpaired) electrons. The van der Waals surface area contributed by atoms with Crippen molar-refractivity contribution < 1.29 is 0 Å². The van der Waals surface area contributed by atoms with Crippen LogP contribution in [0.4, 0.5) is 5.69 Å². The predicted octanol–water partition coefficient (Wildman–Crippen LogP) is 4.65. The molecule has 0 N–H and O–H groups in total. The molecule has 0 atom stereocenters. The number of nitrogens with zero attached hydrogens (tertiary/aromatic N) is 1. The first-order chi connectivity index (χ1) is 9.31. The van der Waals surface area contributed by atoms with Crippen LogP contribution in [-0.4, -0.2) is 13.1 Å². The third-order valence-corrected chi connectivity index (χ3v) is 4.35. The van der Waals surface area contributed by atoms with Crippen molar-refractivity contribution in [1.29, 1.82) is 0 Å².